The van der Waals surface area contributed by atoms with Gasteiger partial charge >= 0.3 is 0 Å². The van der Waals surface area contributed by atoms with Crippen molar-refractivity contribution in [2.75, 3.05) is 0 Å². The Bertz CT molecular complexity index is 1400. The van der Waals surface area contributed by atoms with E-state index in [-0.39, 0.29) is 21.3 Å². The van der Waals surface area contributed by atoms with Gasteiger partial charge in [0.2, 0.25) is 0 Å². The highest BCUT2D eigenvalue weighted by Crippen LogP contribution is 2.46. The van der Waals surface area contributed by atoms with Crippen molar-refractivity contribution >= 4 is 0 Å². The quantitative estimate of drug-likeness (QED) is 0.419. The maximum Gasteiger partial charge on any atom is 0.250 e. The number of rotatable bonds is 6. The summed E-state index contributed by atoms with van der Waals surface area (Å²) in [4.78, 5) is 21.7. The summed E-state index contributed by atoms with van der Waals surface area (Å²) in [5.41, 5.74) is 11.8. The summed E-state index contributed by atoms with van der Waals surface area (Å²) < 4.78 is 7.43. The first-order valence-electron chi connectivity index (χ1n) is 11.2. The number of aryl methyl sites for hydroxylation is 1. The van der Waals surface area contributed by atoms with Gasteiger partial charge in [0.1, 0.15) is 11.4 Å². The van der Waals surface area contributed by atoms with Gasteiger partial charge in [-0.05, 0) is 49.8 Å². The Labute approximate surface area is 196 Å². The van der Waals surface area contributed by atoms with E-state index in [1.165, 1.54) is 0 Å². The second-order valence-electron chi connectivity index (χ2n) is 9.37. The Hall–Kier alpha value is -3.58. The van der Waals surface area contributed by atoms with Gasteiger partial charge in [0, 0.05) is 46.3 Å². The van der Waals surface area contributed by atoms with Crippen molar-refractivity contribution in [3.63, 3.8) is 0 Å². The first-order valence-corrected chi connectivity index (χ1v) is 11.2. The molecule has 1 aliphatic carbocycles. The Balaban J connectivity index is 0.00000152. The van der Waals surface area contributed by atoms with E-state index < -0.39 is 0 Å². The van der Waals surface area contributed by atoms with Gasteiger partial charge in [-0.1, -0.05) is 30.3 Å². The fourth-order valence-corrected chi connectivity index (χ4v) is 3.92. The molecule has 0 saturated heterocycles. The summed E-state index contributed by atoms with van der Waals surface area (Å²) in [5.74, 6) is 0.543. The van der Waals surface area contributed by atoms with E-state index >= 15 is 0 Å². The van der Waals surface area contributed by atoms with Gasteiger partial charge in [-0.2, -0.15) is 0 Å². The van der Waals surface area contributed by atoms with Crippen molar-refractivity contribution in [3.8, 4) is 34.0 Å². The van der Waals surface area contributed by atoms with E-state index in [0.29, 0.717) is 22.8 Å². The molecule has 2 N–H and O–H groups in total. The lowest BCUT2D eigenvalue weighted by atomic mass is 10.0. The zero-order valence-electron chi connectivity index (χ0n) is 19.1. The molecule has 5 rings (SSSR count). The number of benzene rings is 1. The van der Waals surface area contributed by atoms with Crippen LogP contribution in [-0.2, 0) is 6.54 Å². The minimum Gasteiger partial charge on any atom is -0.354 e. The Morgan fingerprint density at radius 2 is 2.00 bits per heavy atom. The number of aromatic nitrogens is 4. The molecule has 174 valence electrons. The molecule has 1 aromatic carbocycles. The monoisotopic (exact) mass is 447 g/mol. The molecular formula is C26H33N5O2. The zero-order chi connectivity index (χ0) is 23.2. The first kappa shape index (κ1) is 21.3. The van der Waals surface area contributed by atoms with Crippen LogP contribution < -0.4 is 11.3 Å². The predicted molar refractivity (Wildman–Crippen MR) is 134 cm³/mol. The highest BCUT2D eigenvalue weighted by molar-refractivity contribution is 5.68. The maximum absolute atomic E-state index is 12.4. The van der Waals surface area contributed by atoms with Crippen LogP contribution in [0.5, 0.6) is 0 Å². The molecule has 4 aromatic rings. The third-order valence-corrected chi connectivity index (χ3v) is 6.34. The Kier molecular flexibility index (Phi) is 5.21. The van der Waals surface area contributed by atoms with Crippen molar-refractivity contribution in [2.45, 2.75) is 46.2 Å². The zero-order valence-corrected chi connectivity index (χ0v) is 19.1. The molecule has 1 fully saturated rings. The van der Waals surface area contributed by atoms with Crippen LogP contribution in [0.2, 0.25) is 0 Å². The molecule has 3 aromatic heterocycles. The van der Waals surface area contributed by atoms with E-state index in [1.807, 2.05) is 50.4 Å². The van der Waals surface area contributed by atoms with Crippen molar-refractivity contribution < 1.29 is 8.80 Å². The average Bonchev–Trinajstić information content (AvgIpc) is 3.32. The van der Waals surface area contributed by atoms with E-state index in [1.54, 1.807) is 22.9 Å². The fraction of sp³-hybridized carbons (Fsp3) is 0.308. The highest BCUT2D eigenvalue weighted by Gasteiger charge is 2.37. The van der Waals surface area contributed by atoms with Crippen LogP contribution in [0.25, 0.3) is 34.0 Å². The lowest BCUT2D eigenvalue weighted by Crippen LogP contribution is -2.22. The SMILES string of the molecule is Cc1ncc(-c2ccc(=O)n(CC3(C)CC3)c2)nc1-c1cc(-c2cccc(C(C)N)c2)no1.[HH].[HH].[HH]. The summed E-state index contributed by atoms with van der Waals surface area (Å²) in [5, 5.41) is 4.25. The molecule has 0 bridgehead atoms. The standard InChI is InChI=1S/C26H27N5O2.3H2/c1-16(27)18-5-4-6-19(11-18)21-12-23(33-30-21)25-17(2)28-13-22(29-25)20-7-8-24(32)31(14-20)15-26(3)9-10-26;;;/h4-8,11-14,16H,9-10,15,27H2,1-3H3;3*1H. The minimum atomic E-state index is -0.0631. The third-order valence-electron chi connectivity index (χ3n) is 6.34. The van der Waals surface area contributed by atoms with Crippen molar-refractivity contribution in [1.29, 1.82) is 0 Å². The summed E-state index contributed by atoms with van der Waals surface area (Å²) in [7, 11) is 0. The summed E-state index contributed by atoms with van der Waals surface area (Å²) in [6.45, 7) is 6.77. The second-order valence-corrected chi connectivity index (χ2v) is 9.37. The molecule has 1 unspecified atom stereocenters. The van der Waals surface area contributed by atoms with E-state index in [4.69, 9.17) is 15.2 Å². The van der Waals surface area contributed by atoms with Crippen LogP contribution in [0.3, 0.4) is 0 Å². The highest BCUT2D eigenvalue weighted by atomic mass is 16.5. The molecule has 7 heteroatoms. The molecule has 0 aliphatic heterocycles. The van der Waals surface area contributed by atoms with Gasteiger partial charge in [0.15, 0.2) is 5.76 Å². The Morgan fingerprint density at radius 1 is 1.18 bits per heavy atom. The molecule has 3 heterocycles. The smallest absolute Gasteiger partial charge is 0.250 e. The van der Waals surface area contributed by atoms with Gasteiger partial charge in [-0.15, -0.1) is 0 Å². The Morgan fingerprint density at radius 3 is 2.76 bits per heavy atom. The van der Waals surface area contributed by atoms with Gasteiger partial charge in [0.25, 0.3) is 5.56 Å². The molecule has 33 heavy (non-hydrogen) atoms. The minimum absolute atomic E-state index is 0. The third kappa shape index (κ3) is 4.36. The van der Waals surface area contributed by atoms with Crippen LogP contribution in [0.15, 0.2) is 64.2 Å². The lowest BCUT2D eigenvalue weighted by Gasteiger charge is -2.12. The van der Waals surface area contributed by atoms with Crippen LogP contribution in [0.4, 0.5) is 0 Å². The van der Waals surface area contributed by atoms with E-state index in [2.05, 4.69) is 17.1 Å². The van der Waals surface area contributed by atoms with Crippen LogP contribution in [-0.4, -0.2) is 19.7 Å². The molecule has 1 aliphatic rings. The number of hydrogen-bond donors (Lipinski definition) is 1. The summed E-state index contributed by atoms with van der Waals surface area (Å²) in [6.07, 6.45) is 5.91. The van der Waals surface area contributed by atoms with E-state index in [9.17, 15) is 4.79 Å². The molecule has 1 atom stereocenters. The topological polar surface area (TPSA) is 99.8 Å². The van der Waals surface area contributed by atoms with E-state index in [0.717, 1.165) is 41.8 Å². The van der Waals surface area contributed by atoms with Crippen LogP contribution in [0, 0.1) is 12.3 Å². The number of nitrogens with zero attached hydrogens (tertiary/aromatic N) is 4. The fourth-order valence-electron chi connectivity index (χ4n) is 3.92. The molecule has 0 spiro atoms. The number of pyridine rings is 1. The maximum atomic E-state index is 12.4. The second kappa shape index (κ2) is 8.08. The average molecular weight is 448 g/mol. The van der Waals surface area contributed by atoms with Gasteiger partial charge < -0.3 is 14.8 Å². The normalized spacial score (nSPS) is 15.4. The summed E-state index contributed by atoms with van der Waals surface area (Å²) in [6, 6.07) is 13.2. The van der Waals surface area contributed by atoms with Crippen LogP contribution in [0.1, 0.15) is 48.3 Å². The van der Waals surface area contributed by atoms with Gasteiger partial charge in [-0.25, -0.2) is 4.98 Å². The van der Waals surface area contributed by atoms with Crippen molar-refractivity contribution in [3.05, 3.63) is 76.5 Å². The summed E-state index contributed by atoms with van der Waals surface area (Å²) >= 11 is 0. The lowest BCUT2D eigenvalue weighted by molar-refractivity contribution is 0.433. The predicted octanol–water partition coefficient (Wildman–Crippen LogP) is 5.49. The number of nitrogens with two attached hydrogens (primary N) is 1. The van der Waals surface area contributed by atoms with Gasteiger partial charge in [-0.3, -0.25) is 9.78 Å². The molecular weight excluding hydrogens is 414 g/mol. The molecule has 7 nitrogen and oxygen atoms in total. The number of hydrogen-bond acceptors (Lipinski definition) is 6. The van der Waals surface area contributed by atoms with Crippen LogP contribution >= 0.6 is 0 Å². The molecule has 0 radical (unpaired) electrons. The first-order chi connectivity index (χ1) is 15.8. The molecule has 1 saturated carbocycles. The van der Waals surface area contributed by atoms with Gasteiger partial charge in [0.05, 0.1) is 17.6 Å². The molecule has 0 amide bonds. The van der Waals surface area contributed by atoms with Crippen molar-refractivity contribution in [1.82, 2.24) is 19.7 Å². The van der Waals surface area contributed by atoms with Crippen molar-refractivity contribution in [2.24, 2.45) is 11.1 Å². The largest absolute Gasteiger partial charge is 0.354 e.